The summed E-state index contributed by atoms with van der Waals surface area (Å²) in [5.74, 6) is 5.75. The Balaban J connectivity index is 2.33. The van der Waals surface area contributed by atoms with Crippen LogP contribution in [0.15, 0.2) is 53.0 Å². The smallest absolute Gasteiger partial charge is 0.0710 e. The van der Waals surface area contributed by atoms with Gasteiger partial charge in [0.15, 0.2) is 0 Å². The van der Waals surface area contributed by atoms with Crippen LogP contribution in [0.5, 0.6) is 0 Å². The summed E-state index contributed by atoms with van der Waals surface area (Å²) in [7, 11) is 0. The maximum absolute atomic E-state index is 5.75. The van der Waals surface area contributed by atoms with Crippen molar-refractivity contribution >= 4 is 15.9 Å². The van der Waals surface area contributed by atoms with Gasteiger partial charge in [-0.25, -0.2) is 5.43 Å². The maximum atomic E-state index is 5.75. The van der Waals surface area contributed by atoms with Gasteiger partial charge in [0.1, 0.15) is 0 Å². The van der Waals surface area contributed by atoms with Crippen molar-refractivity contribution in [2.45, 2.75) is 32.2 Å². The molecule has 0 bridgehead atoms. The second-order valence-electron chi connectivity index (χ2n) is 6.03. The molecule has 2 nitrogen and oxygen atoms in total. The Kier molecular flexibility index (Phi) is 4.63. The molecule has 0 aromatic heterocycles. The van der Waals surface area contributed by atoms with E-state index in [0.29, 0.717) is 0 Å². The maximum Gasteiger partial charge on any atom is 0.0710 e. The van der Waals surface area contributed by atoms with E-state index >= 15 is 0 Å². The summed E-state index contributed by atoms with van der Waals surface area (Å²) in [4.78, 5) is 0. The van der Waals surface area contributed by atoms with Crippen molar-refractivity contribution in [1.29, 1.82) is 0 Å². The molecule has 0 spiro atoms. The van der Waals surface area contributed by atoms with Gasteiger partial charge in [-0.2, -0.15) is 0 Å². The quantitative estimate of drug-likeness (QED) is 0.649. The Morgan fingerprint density at radius 3 is 2.15 bits per heavy atom. The first-order valence-electron chi connectivity index (χ1n) is 6.74. The lowest BCUT2D eigenvalue weighted by Gasteiger charge is -2.21. The minimum absolute atomic E-state index is 0.00141. The van der Waals surface area contributed by atoms with Crippen molar-refractivity contribution in [2.24, 2.45) is 5.84 Å². The molecule has 2 aromatic rings. The van der Waals surface area contributed by atoms with Crippen molar-refractivity contribution in [3.63, 3.8) is 0 Å². The van der Waals surface area contributed by atoms with Crippen LogP contribution in [0.1, 0.15) is 43.5 Å². The predicted molar refractivity (Wildman–Crippen MR) is 88.5 cm³/mol. The fraction of sp³-hybridized carbons (Fsp3) is 0.294. The summed E-state index contributed by atoms with van der Waals surface area (Å²) < 4.78 is 1.06. The fourth-order valence-corrected chi connectivity index (χ4v) is 2.66. The summed E-state index contributed by atoms with van der Waals surface area (Å²) in [6.07, 6.45) is 0. The van der Waals surface area contributed by atoms with E-state index in [9.17, 15) is 0 Å². The van der Waals surface area contributed by atoms with E-state index in [2.05, 4.69) is 78.5 Å². The van der Waals surface area contributed by atoms with Gasteiger partial charge in [0.05, 0.1) is 6.04 Å². The number of halogens is 1. The van der Waals surface area contributed by atoms with E-state index in [-0.39, 0.29) is 11.5 Å². The first kappa shape index (κ1) is 15.2. The highest BCUT2D eigenvalue weighted by Crippen LogP contribution is 2.27. The number of rotatable bonds is 3. The fourth-order valence-electron chi connectivity index (χ4n) is 2.25. The standard InChI is InChI=1S/C17H21BrN2/c1-17(2,3)14-9-7-12(8-10-14)16(20-19)13-5-4-6-15(18)11-13/h4-11,16,20H,19H2,1-3H3. The highest BCUT2D eigenvalue weighted by Gasteiger charge is 2.16. The van der Waals surface area contributed by atoms with Gasteiger partial charge in [0.2, 0.25) is 0 Å². The Labute approximate surface area is 129 Å². The lowest BCUT2D eigenvalue weighted by molar-refractivity contribution is 0.588. The highest BCUT2D eigenvalue weighted by molar-refractivity contribution is 9.10. The van der Waals surface area contributed by atoms with E-state index in [1.807, 2.05) is 12.1 Å². The number of hydrazine groups is 1. The summed E-state index contributed by atoms with van der Waals surface area (Å²) in [6, 6.07) is 16.8. The molecular formula is C17H21BrN2. The molecule has 0 radical (unpaired) electrons. The van der Waals surface area contributed by atoms with Gasteiger partial charge in [-0.05, 0) is 34.2 Å². The van der Waals surface area contributed by atoms with Crippen LogP contribution >= 0.6 is 15.9 Å². The van der Waals surface area contributed by atoms with E-state index in [1.165, 1.54) is 11.1 Å². The first-order valence-corrected chi connectivity index (χ1v) is 7.53. The van der Waals surface area contributed by atoms with Crippen molar-refractivity contribution < 1.29 is 0 Å². The van der Waals surface area contributed by atoms with Crippen LogP contribution in [0.3, 0.4) is 0 Å². The Hall–Kier alpha value is -1.16. The molecule has 1 atom stereocenters. The molecule has 0 heterocycles. The van der Waals surface area contributed by atoms with Gasteiger partial charge in [-0.1, -0.05) is 73.1 Å². The minimum Gasteiger partial charge on any atom is -0.271 e. The molecule has 0 aliphatic rings. The van der Waals surface area contributed by atoms with Gasteiger partial charge in [-0.15, -0.1) is 0 Å². The Morgan fingerprint density at radius 1 is 1.00 bits per heavy atom. The van der Waals surface area contributed by atoms with Gasteiger partial charge < -0.3 is 0 Å². The molecule has 0 aliphatic heterocycles. The van der Waals surface area contributed by atoms with Crippen LogP contribution in [-0.4, -0.2) is 0 Å². The van der Waals surface area contributed by atoms with Gasteiger partial charge in [-0.3, -0.25) is 5.84 Å². The molecule has 1 unspecified atom stereocenters. The summed E-state index contributed by atoms with van der Waals surface area (Å²) in [5.41, 5.74) is 6.70. The molecular weight excluding hydrogens is 312 g/mol. The number of hydrogen-bond donors (Lipinski definition) is 2. The molecule has 3 N–H and O–H groups in total. The number of nitrogens with two attached hydrogens (primary N) is 1. The summed E-state index contributed by atoms with van der Waals surface area (Å²) >= 11 is 3.50. The third-order valence-electron chi connectivity index (χ3n) is 3.46. The zero-order chi connectivity index (χ0) is 14.8. The molecule has 106 valence electrons. The molecule has 2 aromatic carbocycles. The van der Waals surface area contributed by atoms with Crippen LogP contribution < -0.4 is 11.3 Å². The zero-order valence-electron chi connectivity index (χ0n) is 12.2. The van der Waals surface area contributed by atoms with E-state index in [4.69, 9.17) is 5.84 Å². The molecule has 2 rings (SSSR count). The van der Waals surface area contributed by atoms with Gasteiger partial charge >= 0.3 is 0 Å². The summed E-state index contributed by atoms with van der Waals surface area (Å²) in [5, 5.41) is 0. The van der Waals surface area contributed by atoms with Crippen LogP contribution in [0.4, 0.5) is 0 Å². The second kappa shape index (κ2) is 6.08. The Bertz CT molecular complexity index is 570. The van der Waals surface area contributed by atoms with E-state index < -0.39 is 0 Å². The molecule has 0 fully saturated rings. The van der Waals surface area contributed by atoms with Crippen LogP contribution in [0, 0.1) is 0 Å². The monoisotopic (exact) mass is 332 g/mol. The van der Waals surface area contributed by atoms with Crippen molar-refractivity contribution in [2.75, 3.05) is 0 Å². The van der Waals surface area contributed by atoms with E-state index in [1.54, 1.807) is 0 Å². The molecule has 0 saturated heterocycles. The van der Waals surface area contributed by atoms with Crippen molar-refractivity contribution in [3.05, 3.63) is 69.7 Å². The zero-order valence-corrected chi connectivity index (χ0v) is 13.7. The minimum atomic E-state index is 0.00141. The van der Waals surface area contributed by atoms with Gasteiger partial charge in [0, 0.05) is 4.47 Å². The average Bonchev–Trinajstić information content (AvgIpc) is 2.39. The third-order valence-corrected chi connectivity index (χ3v) is 3.95. The molecule has 0 saturated carbocycles. The normalized spacial score (nSPS) is 13.2. The van der Waals surface area contributed by atoms with Crippen molar-refractivity contribution in [3.8, 4) is 0 Å². The number of nitrogens with one attached hydrogen (secondary N) is 1. The molecule has 3 heteroatoms. The number of benzene rings is 2. The lowest BCUT2D eigenvalue weighted by Crippen LogP contribution is -2.28. The average molecular weight is 333 g/mol. The first-order chi connectivity index (χ1) is 9.41. The van der Waals surface area contributed by atoms with Crippen LogP contribution in [0.2, 0.25) is 0 Å². The number of hydrogen-bond acceptors (Lipinski definition) is 2. The summed E-state index contributed by atoms with van der Waals surface area (Å²) in [6.45, 7) is 6.65. The van der Waals surface area contributed by atoms with Crippen molar-refractivity contribution in [1.82, 2.24) is 5.43 Å². The van der Waals surface area contributed by atoms with Crippen LogP contribution in [0.25, 0.3) is 0 Å². The van der Waals surface area contributed by atoms with Crippen LogP contribution in [-0.2, 0) is 5.41 Å². The largest absolute Gasteiger partial charge is 0.271 e. The SMILES string of the molecule is CC(C)(C)c1ccc(C(NN)c2cccc(Br)c2)cc1. The van der Waals surface area contributed by atoms with Gasteiger partial charge in [0.25, 0.3) is 0 Å². The lowest BCUT2D eigenvalue weighted by atomic mass is 9.86. The Morgan fingerprint density at radius 2 is 1.65 bits per heavy atom. The molecule has 20 heavy (non-hydrogen) atoms. The molecule has 0 aliphatic carbocycles. The molecule has 0 amide bonds. The second-order valence-corrected chi connectivity index (χ2v) is 6.94. The third kappa shape index (κ3) is 3.48. The predicted octanol–water partition coefficient (Wildman–Crippen LogP) is 4.30. The topological polar surface area (TPSA) is 38.0 Å². The highest BCUT2D eigenvalue weighted by atomic mass is 79.9. The van der Waals surface area contributed by atoms with E-state index in [0.717, 1.165) is 10.0 Å².